The largest absolute Gasteiger partial charge is 0.486 e. The number of ether oxygens (including phenoxy) is 1. The summed E-state index contributed by atoms with van der Waals surface area (Å²) in [5, 5.41) is 12.1. The third kappa shape index (κ3) is 6.28. The maximum absolute atomic E-state index is 14.8. The number of aromatic nitrogens is 2. The lowest BCUT2D eigenvalue weighted by atomic mass is 10.0. The average molecular weight is 495 g/mol. The van der Waals surface area contributed by atoms with Crippen molar-refractivity contribution in [3.63, 3.8) is 0 Å². The molecule has 1 aliphatic rings. The van der Waals surface area contributed by atoms with Crippen LogP contribution in [0.5, 0.6) is 5.75 Å². The van der Waals surface area contributed by atoms with Gasteiger partial charge >= 0.3 is 0 Å². The number of rotatable bonds is 10. The van der Waals surface area contributed by atoms with E-state index in [-0.39, 0.29) is 29.9 Å². The molecule has 182 valence electrons. The Bertz CT molecular complexity index is 1180. The molecule has 1 fully saturated rings. The van der Waals surface area contributed by atoms with E-state index in [4.69, 9.17) is 20.1 Å². The van der Waals surface area contributed by atoms with Crippen LogP contribution >= 0.6 is 12.2 Å². The zero-order chi connectivity index (χ0) is 24.6. The van der Waals surface area contributed by atoms with Crippen LogP contribution in [0, 0.1) is 11.2 Å². The number of benzene rings is 2. The molecule has 1 aromatic heterocycles. The molecule has 10 heteroatoms. The average Bonchev–Trinajstić information content (AvgIpc) is 2.87. The van der Waals surface area contributed by atoms with Crippen molar-refractivity contribution in [2.24, 2.45) is 0 Å². The van der Waals surface area contributed by atoms with E-state index in [0.717, 1.165) is 24.9 Å². The van der Waals surface area contributed by atoms with Crippen LogP contribution in [0.25, 0.3) is 0 Å². The summed E-state index contributed by atoms with van der Waals surface area (Å²) in [5.41, 5.74) is 7.78. The number of nitrogen functional groups attached to an aromatic ring is 1. The van der Waals surface area contributed by atoms with Crippen molar-refractivity contribution in [2.45, 2.75) is 25.5 Å². The van der Waals surface area contributed by atoms with E-state index in [1.807, 2.05) is 30.3 Å². The Balaban J connectivity index is 1.49. The van der Waals surface area contributed by atoms with Crippen LogP contribution in [0.2, 0.25) is 0 Å². The minimum absolute atomic E-state index is 0.0242. The van der Waals surface area contributed by atoms with Crippen molar-refractivity contribution in [3.05, 3.63) is 90.2 Å². The van der Waals surface area contributed by atoms with Gasteiger partial charge in [0.15, 0.2) is 11.6 Å². The molecular formula is C25H27FN6O2S. The third-order valence-electron chi connectivity index (χ3n) is 5.53. The number of nitrogens with one attached hydrogen (secondary N) is 2. The van der Waals surface area contributed by atoms with Crippen molar-refractivity contribution in [2.75, 3.05) is 24.1 Å². The summed E-state index contributed by atoms with van der Waals surface area (Å²) < 4.78 is 27.8. The highest BCUT2D eigenvalue weighted by molar-refractivity contribution is 7.92. The number of hydrogen-bond acceptors (Lipinski definition) is 9. The van der Waals surface area contributed by atoms with Crippen molar-refractivity contribution >= 4 is 29.6 Å². The Morgan fingerprint density at radius 2 is 2.11 bits per heavy atom. The Kier molecular flexibility index (Phi) is 8.17. The molecule has 1 aliphatic heterocycles. The van der Waals surface area contributed by atoms with Gasteiger partial charge in [-0.1, -0.05) is 36.9 Å². The van der Waals surface area contributed by atoms with Gasteiger partial charge in [-0.25, -0.2) is 18.7 Å². The molecule has 0 bridgehead atoms. The summed E-state index contributed by atoms with van der Waals surface area (Å²) >= 11 is 1.25. The van der Waals surface area contributed by atoms with E-state index in [2.05, 4.69) is 26.2 Å². The first-order valence-corrected chi connectivity index (χ1v) is 11.9. The number of nitrogens with two attached hydrogens (primary N) is 1. The molecule has 0 saturated carbocycles. The molecule has 4 rings (SSSR count). The fourth-order valence-electron chi connectivity index (χ4n) is 3.82. The smallest absolute Gasteiger partial charge is 0.165 e. The normalized spacial score (nSPS) is 15.9. The standard InChI is InChI=1S/C25H27FN6O2S/c1-2-34-35-32-12-6-9-19(14-32)31-25-22(24(28)29-16-30-25)23(27)18-10-11-21(20(26)13-18)33-15-17-7-4-3-5-8-17/h2-5,7-8,10-11,13,16,19,27H,1,6,9,12,14-15H2,(H3,28,29,30,31). The molecule has 0 radical (unpaired) electrons. The fraction of sp³-hybridized carbons (Fsp3) is 0.240. The van der Waals surface area contributed by atoms with Crippen molar-refractivity contribution in [3.8, 4) is 5.75 Å². The van der Waals surface area contributed by atoms with Crippen molar-refractivity contribution in [1.29, 1.82) is 5.41 Å². The van der Waals surface area contributed by atoms with Gasteiger partial charge in [0.25, 0.3) is 0 Å². The summed E-state index contributed by atoms with van der Waals surface area (Å²) in [6.45, 7) is 5.41. The van der Waals surface area contributed by atoms with Crippen LogP contribution in [0.1, 0.15) is 29.5 Å². The van der Waals surface area contributed by atoms with Crippen LogP contribution in [-0.4, -0.2) is 39.1 Å². The third-order valence-corrected chi connectivity index (χ3v) is 6.29. The minimum Gasteiger partial charge on any atom is -0.486 e. The lowest BCUT2D eigenvalue weighted by molar-refractivity contribution is 0.290. The number of nitrogens with zero attached hydrogens (tertiary/aromatic N) is 3. The Morgan fingerprint density at radius 1 is 1.29 bits per heavy atom. The van der Waals surface area contributed by atoms with E-state index in [0.29, 0.717) is 23.5 Å². The zero-order valence-corrected chi connectivity index (χ0v) is 19.9. The first-order valence-electron chi connectivity index (χ1n) is 11.2. The summed E-state index contributed by atoms with van der Waals surface area (Å²) in [6.07, 6.45) is 4.63. The second-order valence-corrected chi connectivity index (χ2v) is 8.84. The number of hydrogen-bond donors (Lipinski definition) is 3. The number of piperidine rings is 1. The molecule has 0 spiro atoms. The van der Waals surface area contributed by atoms with Gasteiger partial charge in [0, 0.05) is 24.7 Å². The molecule has 1 unspecified atom stereocenters. The van der Waals surface area contributed by atoms with Gasteiger partial charge in [-0.15, -0.1) is 0 Å². The fourth-order valence-corrected chi connectivity index (χ4v) is 4.45. The van der Waals surface area contributed by atoms with Gasteiger partial charge < -0.3 is 20.0 Å². The molecule has 2 aromatic carbocycles. The van der Waals surface area contributed by atoms with Crippen molar-refractivity contribution < 1.29 is 13.3 Å². The first kappa shape index (κ1) is 24.5. The van der Waals surface area contributed by atoms with E-state index in [1.54, 1.807) is 6.07 Å². The van der Waals surface area contributed by atoms with E-state index >= 15 is 0 Å². The first-order chi connectivity index (χ1) is 17.0. The molecular weight excluding hydrogens is 467 g/mol. The monoisotopic (exact) mass is 494 g/mol. The SMILES string of the molecule is C=COSN1CCCC(Nc2ncnc(N)c2C(=N)c2ccc(OCc3ccccc3)c(F)c2)C1. The van der Waals surface area contributed by atoms with E-state index in [1.165, 1.54) is 37.0 Å². The maximum atomic E-state index is 14.8. The highest BCUT2D eigenvalue weighted by atomic mass is 32.2. The van der Waals surface area contributed by atoms with E-state index in [9.17, 15) is 4.39 Å². The highest BCUT2D eigenvalue weighted by Crippen LogP contribution is 2.27. The van der Waals surface area contributed by atoms with Crippen molar-refractivity contribution in [1.82, 2.24) is 14.3 Å². The molecule has 4 N–H and O–H groups in total. The molecule has 8 nitrogen and oxygen atoms in total. The van der Waals surface area contributed by atoms with Crippen LogP contribution in [-0.2, 0) is 10.8 Å². The molecule has 0 aliphatic carbocycles. The predicted molar refractivity (Wildman–Crippen MR) is 137 cm³/mol. The van der Waals surface area contributed by atoms with Gasteiger partial charge in [-0.2, -0.15) is 0 Å². The minimum atomic E-state index is -0.560. The molecule has 2 heterocycles. The van der Waals surface area contributed by atoms with Crippen LogP contribution < -0.4 is 15.8 Å². The summed E-state index contributed by atoms with van der Waals surface area (Å²) in [4.78, 5) is 8.40. The molecule has 3 aromatic rings. The van der Waals surface area contributed by atoms with E-state index < -0.39 is 5.82 Å². The maximum Gasteiger partial charge on any atom is 0.165 e. The molecule has 1 atom stereocenters. The summed E-state index contributed by atoms with van der Waals surface area (Å²) in [6, 6.07) is 14.0. The Hall–Kier alpha value is -3.63. The zero-order valence-electron chi connectivity index (χ0n) is 19.1. The van der Waals surface area contributed by atoms with Gasteiger partial charge in [0.05, 0.1) is 17.5 Å². The number of anilines is 2. The lowest BCUT2D eigenvalue weighted by Gasteiger charge is -2.31. The second-order valence-electron chi connectivity index (χ2n) is 7.99. The van der Waals surface area contributed by atoms with Gasteiger partial charge in [0.2, 0.25) is 0 Å². The molecule has 0 amide bonds. The predicted octanol–water partition coefficient (Wildman–Crippen LogP) is 4.79. The quantitative estimate of drug-likeness (QED) is 0.160. The molecule has 35 heavy (non-hydrogen) atoms. The number of halogens is 1. The Morgan fingerprint density at radius 3 is 2.89 bits per heavy atom. The second kappa shape index (κ2) is 11.7. The summed E-state index contributed by atoms with van der Waals surface area (Å²) in [7, 11) is 0. The lowest BCUT2D eigenvalue weighted by Crippen LogP contribution is -2.39. The van der Waals surface area contributed by atoms with Crippen LogP contribution in [0.3, 0.4) is 0 Å². The Labute approximate surface area is 208 Å². The van der Waals surface area contributed by atoms with Crippen LogP contribution in [0.4, 0.5) is 16.0 Å². The summed E-state index contributed by atoms with van der Waals surface area (Å²) in [5.74, 6) is 0.140. The van der Waals surface area contributed by atoms with Crippen LogP contribution in [0.15, 0.2) is 67.7 Å². The van der Waals surface area contributed by atoms with Gasteiger partial charge in [-0.3, -0.25) is 5.41 Å². The topological polar surface area (TPSA) is 109 Å². The van der Waals surface area contributed by atoms with Gasteiger partial charge in [0.1, 0.15) is 36.8 Å². The highest BCUT2D eigenvalue weighted by Gasteiger charge is 2.24. The molecule has 1 saturated heterocycles. The van der Waals surface area contributed by atoms with Gasteiger partial charge in [-0.05, 0) is 36.6 Å².